The van der Waals surface area contributed by atoms with Crippen molar-refractivity contribution in [1.82, 2.24) is 9.88 Å². The molecule has 0 radical (unpaired) electrons. The molecule has 0 aliphatic heterocycles. The average molecular weight is 338 g/mol. The molecule has 0 fully saturated rings. The van der Waals surface area contributed by atoms with Gasteiger partial charge in [-0.1, -0.05) is 43.7 Å². The molecule has 1 aliphatic rings. The molecule has 1 aromatic carbocycles. The van der Waals surface area contributed by atoms with E-state index in [-0.39, 0.29) is 5.91 Å². The molecule has 3 nitrogen and oxygen atoms in total. The summed E-state index contributed by atoms with van der Waals surface area (Å²) in [7, 11) is 0. The second-order valence-electron chi connectivity index (χ2n) is 7.78. The van der Waals surface area contributed by atoms with Gasteiger partial charge in [-0.25, -0.2) is 0 Å². The smallest absolute Gasteiger partial charge is 0.268 e. The second kappa shape index (κ2) is 7.47. The fourth-order valence-electron chi connectivity index (χ4n) is 3.80. The number of carbonyl (C=O) groups is 1. The monoisotopic (exact) mass is 338 g/mol. The number of amides is 1. The van der Waals surface area contributed by atoms with Gasteiger partial charge in [0.2, 0.25) is 0 Å². The van der Waals surface area contributed by atoms with Crippen molar-refractivity contribution in [3.05, 3.63) is 57.9 Å². The van der Waals surface area contributed by atoms with Gasteiger partial charge < -0.3 is 9.88 Å². The Morgan fingerprint density at radius 3 is 2.48 bits per heavy atom. The molecule has 2 aromatic rings. The highest BCUT2D eigenvalue weighted by Crippen LogP contribution is 2.30. The van der Waals surface area contributed by atoms with Crippen molar-refractivity contribution >= 4 is 5.91 Å². The van der Waals surface area contributed by atoms with Crippen LogP contribution in [0.5, 0.6) is 0 Å². The number of fused-ring (bicyclic) bond motifs is 1. The molecule has 134 valence electrons. The van der Waals surface area contributed by atoms with Gasteiger partial charge >= 0.3 is 0 Å². The molecule has 1 heterocycles. The number of benzene rings is 1. The summed E-state index contributed by atoms with van der Waals surface area (Å²) in [4.78, 5) is 12.9. The van der Waals surface area contributed by atoms with Crippen LogP contribution in [0, 0.1) is 19.8 Å². The van der Waals surface area contributed by atoms with Crippen molar-refractivity contribution < 1.29 is 4.79 Å². The highest BCUT2D eigenvalue weighted by atomic mass is 16.1. The summed E-state index contributed by atoms with van der Waals surface area (Å²) in [5.41, 5.74) is 7.36. The number of carbonyl (C=O) groups excluding carboxylic acids is 1. The molecule has 1 amide bonds. The zero-order chi connectivity index (χ0) is 18.0. The molecular weight excluding hydrogens is 308 g/mol. The van der Waals surface area contributed by atoms with Crippen LogP contribution in [-0.2, 0) is 19.4 Å². The van der Waals surface area contributed by atoms with Crippen LogP contribution in [0.2, 0.25) is 0 Å². The van der Waals surface area contributed by atoms with Gasteiger partial charge in [0.1, 0.15) is 5.69 Å². The van der Waals surface area contributed by atoms with Gasteiger partial charge in [-0.2, -0.15) is 0 Å². The first kappa shape index (κ1) is 17.8. The maximum absolute atomic E-state index is 12.9. The Morgan fingerprint density at radius 2 is 1.80 bits per heavy atom. The molecule has 25 heavy (non-hydrogen) atoms. The van der Waals surface area contributed by atoms with E-state index in [4.69, 9.17) is 0 Å². The van der Waals surface area contributed by atoms with E-state index in [1.807, 2.05) is 0 Å². The lowest BCUT2D eigenvalue weighted by Crippen LogP contribution is -2.30. The van der Waals surface area contributed by atoms with Gasteiger partial charge in [-0.05, 0) is 62.1 Å². The Bertz CT molecular complexity index is 753. The van der Waals surface area contributed by atoms with E-state index in [0.29, 0.717) is 5.92 Å². The summed E-state index contributed by atoms with van der Waals surface area (Å²) < 4.78 is 2.28. The number of nitrogens with zero attached hydrogens (tertiary/aromatic N) is 1. The Balaban J connectivity index is 1.99. The molecule has 3 heteroatoms. The Hall–Kier alpha value is -2.03. The fraction of sp³-hybridized carbons (Fsp3) is 0.500. The van der Waals surface area contributed by atoms with E-state index in [0.717, 1.165) is 31.6 Å². The maximum atomic E-state index is 12.9. The first-order chi connectivity index (χ1) is 12.0. The number of rotatable bonds is 5. The molecule has 3 rings (SSSR count). The van der Waals surface area contributed by atoms with E-state index in [2.05, 4.69) is 61.8 Å². The molecule has 1 aromatic heterocycles. The van der Waals surface area contributed by atoms with Crippen LogP contribution in [-0.4, -0.2) is 17.0 Å². The standard InChI is InChI=1S/C22H30N2O/c1-15(2)13-23-22(25)21-17(4)19-7-5-6-8-20(19)24(21)14-18-11-9-16(3)10-12-18/h9-12,15H,5-8,13-14H2,1-4H3,(H,23,25). The minimum Gasteiger partial charge on any atom is -0.350 e. The van der Waals surface area contributed by atoms with Crippen LogP contribution in [0.1, 0.15) is 65.1 Å². The number of hydrogen-bond acceptors (Lipinski definition) is 1. The molecule has 0 spiro atoms. The Morgan fingerprint density at radius 1 is 1.12 bits per heavy atom. The molecule has 0 atom stereocenters. The summed E-state index contributed by atoms with van der Waals surface area (Å²) in [5.74, 6) is 0.534. The minimum atomic E-state index is 0.0766. The zero-order valence-electron chi connectivity index (χ0n) is 16.0. The fourth-order valence-corrected chi connectivity index (χ4v) is 3.80. The van der Waals surface area contributed by atoms with Crippen LogP contribution in [0.15, 0.2) is 24.3 Å². The minimum absolute atomic E-state index is 0.0766. The molecule has 1 N–H and O–H groups in total. The van der Waals surface area contributed by atoms with Crippen LogP contribution in [0.25, 0.3) is 0 Å². The van der Waals surface area contributed by atoms with E-state index in [9.17, 15) is 4.79 Å². The lowest BCUT2D eigenvalue weighted by Gasteiger charge is -2.17. The summed E-state index contributed by atoms with van der Waals surface area (Å²) in [6, 6.07) is 8.65. The predicted octanol–water partition coefficient (Wildman–Crippen LogP) is 4.42. The molecular formula is C22H30N2O. The lowest BCUT2D eigenvalue weighted by atomic mass is 9.95. The number of nitrogens with one attached hydrogen (secondary N) is 1. The summed E-state index contributed by atoms with van der Waals surface area (Å²) >= 11 is 0. The third-order valence-electron chi connectivity index (χ3n) is 5.19. The van der Waals surface area contributed by atoms with Gasteiger partial charge in [-0.15, -0.1) is 0 Å². The molecule has 0 unspecified atom stereocenters. The lowest BCUT2D eigenvalue weighted by molar-refractivity contribution is 0.0939. The topological polar surface area (TPSA) is 34.0 Å². The average Bonchev–Trinajstić information content (AvgIpc) is 2.87. The molecule has 1 aliphatic carbocycles. The molecule has 0 bridgehead atoms. The molecule has 0 saturated heterocycles. The van der Waals surface area contributed by atoms with Crippen molar-refractivity contribution in [1.29, 1.82) is 0 Å². The van der Waals surface area contributed by atoms with E-state index < -0.39 is 0 Å². The summed E-state index contributed by atoms with van der Waals surface area (Å²) in [5, 5.41) is 3.12. The first-order valence-electron chi connectivity index (χ1n) is 9.52. The highest BCUT2D eigenvalue weighted by Gasteiger charge is 2.26. The quantitative estimate of drug-likeness (QED) is 0.860. The van der Waals surface area contributed by atoms with Crippen molar-refractivity contribution in [3.8, 4) is 0 Å². The van der Waals surface area contributed by atoms with E-state index in [1.165, 1.54) is 40.8 Å². The van der Waals surface area contributed by atoms with E-state index >= 15 is 0 Å². The van der Waals surface area contributed by atoms with Crippen LogP contribution >= 0.6 is 0 Å². The Kier molecular flexibility index (Phi) is 5.31. The largest absolute Gasteiger partial charge is 0.350 e. The SMILES string of the molecule is Cc1ccc(Cn2c3c(c(C)c2C(=O)NCC(C)C)CCCC3)cc1. The van der Waals surface area contributed by atoms with Gasteiger partial charge in [0.15, 0.2) is 0 Å². The van der Waals surface area contributed by atoms with Gasteiger partial charge in [-0.3, -0.25) is 4.79 Å². The predicted molar refractivity (Wildman–Crippen MR) is 103 cm³/mol. The van der Waals surface area contributed by atoms with Crippen molar-refractivity contribution in [3.63, 3.8) is 0 Å². The summed E-state index contributed by atoms with van der Waals surface area (Å²) in [6.07, 6.45) is 4.64. The van der Waals surface area contributed by atoms with Crippen molar-refractivity contribution in [2.75, 3.05) is 6.54 Å². The van der Waals surface area contributed by atoms with Gasteiger partial charge in [0.25, 0.3) is 5.91 Å². The van der Waals surface area contributed by atoms with Crippen molar-refractivity contribution in [2.45, 2.75) is 59.9 Å². The van der Waals surface area contributed by atoms with Crippen LogP contribution < -0.4 is 5.32 Å². The van der Waals surface area contributed by atoms with E-state index in [1.54, 1.807) is 0 Å². The van der Waals surface area contributed by atoms with Gasteiger partial charge in [0.05, 0.1) is 0 Å². The van der Waals surface area contributed by atoms with Crippen LogP contribution in [0.4, 0.5) is 0 Å². The zero-order valence-corrected chi connectivity index (χ0v) is 16.0. The van der Waals surface area contributed by atoms with Gasteiger partial charge in [0, 0.05) is 18.8 Å². The van der Waals surface area contributed by atoms with Crippen molar-refractivity contribution in [2.24, 2.45) is 5.92 Å². The number of aromatic nitrogens is 1. The van der Waals surface area contributed by atoms with Crippen LogP contribution in [0.3, 0.4) is 0 Å². The number of aryl methyl sites for hydroxylation is 1. The highest BCUT2D eigenvalue weighted by molar-refractivity contribution is 5.95. The first-order valence-corrected chi connectivity index (χ1v) is 9.52. The second-order valence-corrected chi connectivity index (χ2v) is 7.78. The third kappa shape index (κ3) is 3.81. The summed E-state index contributed by atoms with van der Waals surface area (Å²) in [6.45, 7) is 9.99. The normalized spacial score (nSPS) is 13.8. The Labute approximate surface area is 151 Å². The molecule has 0 saturated carbocycles. The number of hydrogen-bond donors (Lipinski definition) is 1. The third-order valence-corrected chi connectivity index (χ3v) is 5.19. The maximum Gasteiger partial charge on any atom is 0.268 e.